The molecule has 3 aromatic rings. The van der Waals surface area contributed by atoms with Crippen molar-refractivity contribution in [1.29, 1.82) is 0 Å². The van der Waals surface area contributed by atoms with Crippen LogP contribution in [0, 0.1) is 26.7 Å². The number of rotatable bonds is 5. The summed E-state index contributed by atoms with van der Waals surface area (Å²) in [5.74, 6) is 0.153. The lowest BCUT2D eigenvalue weighted by atomic mass is 9.97. The van der Waals surface area contributed by atoms with Crippen molar-refractivity contribution in [2.75, 3.05) is 18.4 Å². The van der Waals surface area contributed by atoms with E-state index in [0.29, 0.717) is 18.7 Å². The molecule has 0 unspecified atom stereocenters. The highest BCUT2D eigenvalue weighted by atomic mass is 35.5. The Kier molecular flexibility index (Phi) is 6.56. The largest absolute Gasteiger partial charge is 0.310 e. The van der Waals surface area contributed by atoms with Crippen LogP contribution in [-0.4, -0.2) is 46.5 Å². The van der Waals surface area contributed by atoms with Crippen LogP contribution in [0.5, 0.6) is 0 Å². The second-order valence-corrected chi connectivity index (χ2v) is 10.7. The van der Waals surface area contributed by atoms with Crippen LogP contribution < -0.4 is 5.32 Å². The SMILES string of the molecule is Cc1cc(C)cc(-n2nc(C)cc2NC(=O)C2CCN(S(=O)(=O)c3cccnc3Cl)CC2)c1. The fraction of sp³-hybridized carbons (Fsp3) is 0.348. The van der Waals surface area contributed by atoms with Gasteiger partial charge < -0.3 is 5.32 Å². The maximum atomic E-state index is 13.0. The molecule has 0 radical (unpaired) electrons. The molecule has 1 aromatic carbocycles. The number of pyridine rings is 1. The summed E-state index contributed by atoms with van der Waals surface area (Å²) in [5, 5.41) is 7.49. The summed E-state index contributed by atoms with van der Waals surface area (Å²) in [7, 11) is -3.76. The van der Waals surface area contributed by atoms with Crippen LogP contribution in [0.4, 0.5) is 5.82 Å². The van der Waals surface area contributed by atoms with E-state index in [9.17, 15) is 13.2 Å². The zero-order valence-corrected chi connectivity index (χ0v) is 20.3. The first kappa shape index (κ1) is 23.4. The Morgan fingerprint density at radius 1 is 1.09 bits per heavy atom. The molecule has 0 aliphatic carbocycles. The van der Waals surface area contributed by atoms with Gasteiger partial charge >= 0.3 is 0 Å². The minimum absolute atomic E-state index is 0.0117. The third kappa shape index (κ3) is 4.95. The third-order valence-corrected chi connectivity index (χ3v) is 8.04. The van der Waals surface area contributed by atoms with Crippen LogP contribution >= 0.6 is 11.6 Å². The van der Waals surface area contributed by atoms with Crippen molar-refractivity contribution in [2.24, 2.45) is 5.92 Å². The zero-order valence-electron chi connectivity index (χ0n) is 18.7. The highest BCUT2D eigenvalue weighted by Gasteiger charge is 2.33. The normalized spacial score (nSPS) is 15.5. The van der Waals surface area contributed by atoms with Gasteiger partial charge in [-0.3, -0.25) is 4.79 Å². The molecule has 0 atom stereocenters. The molecule has 1 amide bonds. The van der Waals surface area contributed by atoms with E-state index in [0.717, 1.165) is 22.5 Å². The molecular weight excluding hydrogens is 462 g/mol. The van der Waals surface area contributed by atoms with Gasteiger partial charge in [-0.1, -0.05) is 17.7 Å². The smallest absolute Gasteiger partial charge is 0.246 e. The average molecular weight is 488 g/mol. The Hall–Kier alpha value is -2.75. The van der Waals surface area contributed by atoms with E-state index in [1.807, 2.05) is 39.0 Å². The number of sulfonamides is 1. The molecule has 174 valence electrons. The predicted octanol–water partition coefficient (Wildman–Crippen LogP) is 3.89. The monoisotopic (exact) mass is 487 g/mol. The predicted molar refractivity (Wildman–Crippen MR) is 127 cm³/mol. The Labute approximate surface area is 198 Å². The number of carbonyl (C=O) groups is 1. The van der Waals surface area contributed by atoms with Crippen LogP contribution in [0.2, 0.25) is 5.15 Å². The second-order valence-electron chi connectivity index (χ2n) is 8.39. The van der Waals surface area contributed by atoms with E-state index >= 15 is 0 Å². The van der Waals surface area contributed by atoms with Crippen molar-refractivity contribution in [1.82, 2.24) is 19.1 Å². The van der Waals surface area contributed by atoms with Crippen molar-refractivity contribution in [2.45, 2.75) is 38.5 Å². The minimum atomic E-state index is -3.76. The summed E-state index contributed by atoms with van der Waals surface area (Å²) in [5.41, 5.74) is 3.89. The van der Waals surface area contributed by atoms with Crippen molar-refractivity contribution in [3.8, 4) is 5.69 Å². The van der Waals surface area contributed by atoms with E-state index in [-0.39, 0.29) is 35.0 Å². The molecule has 1 N–H and O–H groups in total. The fourth-order valence-electron chi connectivity index (χ4n) is 4.15. The number of aryl methyl sites for hydroxylation is 3. The number of anilines is 1. The third-order valence-electron chi connectivity index (χ3n) is 5.70. The van der Waals surface area contributed by atoms with Crippen LogP contribution in [0.15, 0.2) is 47.5 Å². The van der Waals surface area contributed by atoms with Crippen LogP contribution in [0.3, 0.4) is 0 Å². The van der Waals surface area contributed by atoms with Gasteiger partial charge in [-0.05, 0) is 69.0 Å². The summed E-state index contributed by atoms with van der Waals surface area (Å²) >= 11 is 5.99. The summed E-state index contributed by atoms with van der Waals surface area (Å²) in [4.78, 5) is 16.9. The topological polar surface area (TPSA) is 97.2 Å². The number of piperidine rings is 1. The lowest BCUT2D eigenvalue weighted by Gasteiger charge is -2.30. The molecular formula is C23H26ClN5O3S. The van der Waals surface area contributed by atoms with Gasteiger partial charge in [0.1, 0.15) is 15.9 Å². The number of nitrogens with zero attached hydrogens (tertiary/aromatic N) is 4. The van der Waals surface area contributed by atoms with Crippen molar-refractivity contribution >= 4 is 33.3 Å². The molecule has 1 saturated heterocycles. The molecule has 0 bridgehead atoms. The average Bonchev–Trinajstić information content (AvgIpc) is 3.13. The number of nitrogens with one attached hydrogen (secondary N) is 1. The van der Waals surface area contributed by atoms with Gasteiger partial charge in [0.15, 0.2) is 0 Å². The number of carbonyl (C=O) groups excluding carboxylic acids is 1. The van der Waals surface area contributed by atoms with Gasteiger partial charge in [-0.15, -0.1) is 0 Å². The van der Waals surface area contributed by atoms with E-state index < -0.39 is 10.0 Å². The van der Waals surface area contributed by atoms with Crippen LogP contribution in [-0.2, 0) is 14.8 Å². The quantitative estimate of drug-likeness (QED) is 0.551. The fourth-order valence-corrected chi connectivity index (χ4v) is 6.05. The standard InChI is InChI=1S/C23H26ClN5O3S/c1-15-11-16(2)13-19(12-15)29-21(14-17(3)27-29)26-23(30)18-6-9-28(10-7-18)33(31,32)20-5-4-8-25-22(20)24/h4-5,8,11-14,18H,6-7,9-10H2,1-3H3,(H,26,30). The second kappa shape index (κ2) is 9.24. The lowest BCUT2D eigenvalue weighted by molar-refractivity contribution is -0.120. The molecule has 0 saturated carbocycles. The number of halogens is 1. The molecule has 1 aliphatic heterocycles. The first-order chi connectivity index (χ1) is 15.6. The zero-order chi connectivity index (χ0) is 23.8. The van der Waals surface area contributed by atoms with Crippen LogP contribution in [0.1, 0.15) is 29.7 Å². The minimum Gasteiger partial charge on any atom is -0.310 e. The Morgan fingerprint density at radius 2 is 1.76 bits per heavy atom. The van der Waals surface area contributed by atoms with Gasteiger partial charge in [-0.25, -0.2) is 18.1 Å². The van der Waals surface area contributed by atoms with Gasteiger partial charge in [-0.2, -0.15) is 9.40 Å². The summed E-state index contributed by atoms with van der Waals surface area (Å²) in [6.07, 6.45) is 2.28. The number of amides is 1. The van der Waals surface area contributed by atoms with Crippen LogP contribution in [0.25, 0.3) is 5.69 Å². The molecule has 0 spiro atoms. The maximum absolute atomic E-state index is 13.0. The summed E-state index contributed by atoms with van der Waals surface area (Å²) < 4.78 is 28.9. The Bertz CT molecular complexity index is 1280. The molecule has 3 heterocycles. The molecule has 4 rings (SSSR count). The van der Waals surface area contributed by atoms with Crippen molar-refractivity contribution in [3.05, 3.63) is 64.6 Å². The molecule has 8 nitrogen and oxygen atoms in total. The first-order valence-electron chi connectivity index (χ1n) is 10.7. The molecule has 1 fully saturated rings. The number of hydrogen-bond donors (Lipinski definition) is 1. The van der Waals surface area contributed by atoms with Gasteiger partial charge in [0.25, 0.3) is 0 Å². The first-order valence-corrected chi connectivity index (χ1v) is 12.5. The van der Waals surface area contributed by atoms with Gasteiger partial charge in [0.05, 0.1) is 11.4 Å². The number of hydrogen-bond acceptors (Lipinski definition) is 5. The Balaban J connectivity index is 1.46. The highest BCUT2D eigenvalue weighted by Crippen LogP contribution is 2.28. The van der Waals surface area contributed by atoms with Gasteiger partial charge in [0, 0.05) is 31.3 Å². The number of benzene rings is 1. The van der Waals surface area contributed by atoms with E-state index in [1.54, 1.807) is 10.7 Å². The maximum Gasteiger partial charge on any atom is 0.246 e. The van der Waals surface area contributed by atoms with Crippen molar-refractivity contribution in [3.63, 3.8) is 0 Å². The number of aromatic nitrogens is 3. The molecule has 2 aromatic heterocycles. The molecule has 10 heteroatoms. The summed E-state index contributed by atoms with van der Waals surface area (Å²) in [6.45, 7) is 6.39. The van der Waals surface area contributed by atoms with E-state index in [2.05, 4.69) is 21.5 Å². The molecule has 1 aliphatic rings. The Morgan fingerprint density at radius 3 is 2.39 bits per heavy atom. The van der Waals surface area contributed by atoms with Gasteiger partial charge in [0.2, 0.25) is 15.9 Å². The summed E-state index contributed by atoms with van der Waals surface area (Å²) in [6, 6.07) is 10.9. The van der Waals surface area contributed by atoms with E-state index in [4.69, 9.17) is 11.6 Å². The highest BCUT2D eigenvalue weighted by molar-refractivity contribution is 7.89. The van der Waals surface area contributed by atoms with E-state index in [1.165, 1.54) is 16.6 Å². The molecule has 33 heavy (non-hydrogen) atoms. The lowest BCUT2D eigenvalue weighted by Crippen LogP contribution is -2.41. The van der Waals surface area contributed by atoms with Crippen molar-refractivity contribution < 1.29 is 13.2 Å².